The minimum Gasteiger partial charge on any atom is -0.378 e. The number of pyridine rings is 2. The topological polar surface area (TPSA) is 103 Å². The maximum absolute atomic E-state index is 10.6. The van der Waals surface area contributed by atoms with E-state index in [0.717, 1.165) is 79.4 Å². The smallest absolute Gasteiger partial charge is 0.130 e. The summed E-state index contributed by atoms with van der Waals surface area (Å²) in [6, 6.07) is 9.52. The van der Waals surface area contributed by atoms with Crippen LogP contribution in [0.3, 0.4) is 0 Å². The lowest BCUT2D eigenvalue weighted by Crippen LogP contribution is -2.54. The molecule has 0 unspecified atom stereocenters. The maximum Gasteiger partial charge on any atom is 0.130 e. The van der Waals surface area contributed by atoms with E-state index in [2.05, 4.69) is 44.0 Å². The van der Waals surface area contributed by atoms with Gasteiger partial charge in [-0.05, 0) is 43.5 Å². The van der Waals surface area contributed by atoms with E-state index in [9.17, 15) is 5.26 Å². The number of ether oxygens (including phenoxy) is 2. The first-order valence-corrected chi connectivity index (χ1v) is 12.1. The van der Waals surface area contributed by atoms with Crippen LogP contribution in [-0.2, 0) is 14.9 Å². The molecule has 0 aromatic carbocycles. The second kappa shape index (κ2) is 8.62. The van der Waals surface area contributed by atoms with Gasteiger partial charge in [-0.1, -0.05) is 0 Å². The van der Waals surface area contributed by atoms with Crippen LogP contribution in [0.1, 0.15) is 25.3 Å². The molecule has 3 saturated heterocycles. The highest BCUT2D eigenvalue weighted by Gasteiger charge is 2.41. The minimum absolute atomic E-state index is 0.206. The third-order valence-electron chi connectivity index (χ3n) is 7.65. The number of nitriles is 1. The fourth-order valence-electron chi connectivity index (χ4n) is 5.48. The lowest BCUT2D eigenvalue weighted by Gasteiger charge is -2.44. The first-order valence-electron chi connectivity index (χ1n) is 12.1. The summed E-state index contributed by atoms with van der Waals surface area (Å²) in [6.45, 7) is 7.65. The second-order valence-electron chi connectivity index (χ2n) is 9.59. The molecule has 9 nitrogen and oxygen atoms in total. The largest absolute Gasteiger partial charge is 0.378 e. The van der Waals surface area contributed by atoms with Gasteiger partial charge < -0.3 is 14.4 Å². The molecule has 3 fully saturated rings. The summed E-state index contributed by atoms with van der Waals surface area (Å²) in [4.78, 5) is 14.5. The Morgan fingerprint density at radius 2 is 1.97 bits per heavy atom. The minimum atomic E-state index is -0.570. The van der Waals surface area contributed by atoms with Crippen molar-refractivity contribution in [2.75, 3.05) is 51.0 Å². The van der Waals surface area contributed by atoms with Crippen LogP contribution in [0.2, 0.25) is 0 Å². The van der Waals surface area contributed by atoms with Crippen LogP contribution in [0.5, 0.6) is 0 Å². The third kappa shape index (κ3) is 3.54. The third-order valence-corrected chi connectivity index (χ3v) is 7.65. The normalized spacial score (nSPS) is 23.5. The van der Waals surface area contributed by atoms with Gasteiger partial charge in [0.15, 0.2) is 0 Å². The fourth-order valence-corrected chi connectivity index (χ4v) is 5.48. The highest BCUT2D eigenvalue weighted by Crippen LogP contribution is 2.42. The number of hydrogen-bond acceptors (Lipinski definition) is 8. The summed E-state index contributed by atoms with van der Waals surface area (Å²) in [7, 11) is 0. The summed E-state index contributed by atoms with van der Waals surface area (Å²) in [5, 5.41) is 18.7. The quantitative estimate of drug-likeness (QED) is 0.635. The molecule has 6 rings (SSSR count). The van der Waals surface area contributed by atoms with Gasteiger partial charge in [-0.2, -0.15) is 10.4 Å². The molecule has 176 valence electrons. The number of rotatable bonds is 4. The van der Waals surface area contributed by atoms with E-state index in [1.165, 1.54) is 0 Å². The maximum atomic E-state index is 10.6. The van der Waals surface area contributed by atoms with Crippen molar-refractivity contribution in [1.29, 1.82) is 5.26 Å². The van der Waals surface area contributed by atoms with Gasteiger partial charge in [0.2, 0.25) is 0 Å². The van der Waals surface area contributed by atoms with Crippen LogP contribution < -0.4 is 4.90 Å². The number of aromatic amines is 1. The lowest BCUT2D eigenvalue weighted by atomic mass is 9.72. The average molecular weight is 460 g/mol. The zero-order chi connectivity index (χ0) is 23.1. The van der Waals surface area contributed by atoms with Crippen LogP contribution in [-0.4, -0.2) is 83.2 Å². The molecule has 0 aliphatic carbocycles. The van der Waals surface area contributed by atoms with Crippen LogP contribution in [0, 0.1) is 11.3 Å². The van der Waals surface area contributed by atoms with Crippen molar-refractivity contribution in [3.05, 3.63) is 36.2 Å². The number of H-pyrrole nitrogens is 1. The number of likely N-dealkylation sites (tertiary alicyclic amines) is 1. The summed E-state index contributed by atoms with van der Waals surface area (Å²) in [5.74, 6) is 0.886. The highest BCUT2D eigenvalue weighted by atomic mass is 16.5. The van der Waals surface area contributed by atoms with Crippen LogP contribution in [0.15, 0.2) is 30.6 Å². The first-order chi connectivity index (χ1) is 16.7. The van der Waals surface area contributed by atoms with Gasteiger partial charge >= 0.3 is 0 Å². The van der Waals surface area contributed by atoms with Gasteiger partial charge in [-0.3, -0.25) is 15.0 Å². The molecule has 0 radical (unpaired) electrons. The lowest BCUT2D eigenvalue weighted by molar-refractivity contribution is -0.0735. The Morgan fingerprint density at radius 1 is 1.12 bits per heavy atom. The van der Waals surface area contributed by atoms with Crippen molar-refractivity contribution in [3.63, 3.8) is 0 Å². The molecule has 0 bridgehead atoms. The molecule has 1 N–H and O–H groups in total. The number of hydrogen-bond donors (Lipinski definition) is 1. The van der Waals surface area contributed by atoms with Gasteiger partial charge in [0.1, 0.15) is 17.0 Å². The number of piperidine rings is 1. The molecule has 6 heterocycles. The van der Waals surface area contributed by atoms with Gasteiger partial charge in [-0.15, -0.1) is 0 Å². The zero-order valence-electron chi connectivity index (χ0n) is 19.4. The van der Waals surface area contributed by atoms with Crippen LogP contribution >= 0.6 is 0 Å². The van der Waals surface area contributed by atoms with E-state index < -0.39 is 5.41 Å². The second-order valence-corrected chi connectivity index (χ2v) is 9.59. The Bertz CT molecular complexity index is 1210. The predicted molar refractivity (Wildman–Crippen MR) is 127 cm³/mol. The standard InChI is InChI=1S/C25H29N7O2/c1-17-13-33-11-10-32(17)22-12-20(25(16-26)4-8-31(9-5-25)18-14-34-15-18)19-2-6-27-24(23(19)29-22)21-3-7-28-30-21/h2-3,6-7,12,17-18H,4-5,8-11,13-15H2,1H3,(H,28,30)/t17-/m1/s1. The Morgan fingerprint density at radius 3 is 2.65 bits per heavy atom. The van der Waals surface area contributed by atoms with Crippen molar-refractivity contribution in [2.24, 2.45) is 0 Å². The number of morpholine rings is 1. The number of fused-ring (bicyclic) bond motifs is 1. The summed E-state index contributed by atoms with van der Waals surface area (Å²) < 4.78 is 11.1. The monoisotopic (exact) mass is 459 g/mol. The summed E-state index contributed by atoms with van der Waals surface area (Å²) in [6.07, 6.45) is 5.12. The van der Waals surface area contributed by atoms with Gasteiger partial charge in [0, 0.05) is 37.4 Å². The number of anilines is 1. The van der Waals surface area contributed by atoms with E-state index in [4.69, 9.17) is 14.5 Å². The summed E-state index contributed by atoms with van der Waals surface area (Å²) >= 11 is 0. The molecule has 3 aromatic heterocycles. The zero-order valence-corrected chi connectivity index (χ0v) is 19.4. The van der Waals surface area contributed by atoms with Crippen LogP contribution in [0.25, 0.3) is 22.3 Å². The predicted octanol–water partition coefficient (Wildman–Crippen LogP) is 2.50. The molecular formula is C25H29N7O2. The Kier molecular flexibility index (Phi) is 5.44. The number of aromatic nitrogens is 4. The van der Waals surface area contributed by atoms with Crippen molar-refractivity contribution in [2.45, 2.75) is 37.3 Å². The van der Waals surface area contributed by atoms with E-state index in [0.29, 0.717) is 19.3 Å². The molecule has 1 atom stereocenters. The number of nitrogens with one attached hydrogen (secondary N) is 1. The van der Waals surface area contributed by atoms with Crippen molar-refractivity contribution in [3.8, 4) is 17.5 Å². The van der Waals surface area contributed by atoms with Gasteiger partial charge in [0.05, 0.1) is 55.7 Å². The Balaban J connectivity index is 1.49. The number of nitrogens with zero attached hydrogens (tertiary/aromatic N) is 6. The van der Waals surface area contributed by atoms with E-state index >= 15 is 0 Å². The van der Waals surface area contributed by atoms with E-state index in [1.54, 1.807) is 6.20 Å². The van der Waals surface area contributed by atoms with Crippen molar-refractivity contribution in [1.82, 2.24) is 25.1 Å². The first kappa shape index (κ1) is 21.5. The molecule has 34 heavy (non-hydrogen) atoms. The fraction of sp³-hybridized carbons (Fsp3) is 0.520. The molecule has 0 spiro atoms. The average Bonchev–Trinajstić information content (AvgIpc) is 3.38. The van der Waals surface area contributed by atoms with E-state index in [1.807, 2.05) is 18.3 Å². The Labute approximate surface area is 198 Å². The van der Waals surface area contributed by atoms with E-state index in [-0.39, 0.29) is 6.04 Å². The van der Waals surface area contributed by atoms with Gasteiger partial charge in [0.25, 0.3) is 0 Å². The Hall–Kier alpha value is -3.06. The molecule has 3 aliphatic rings. The van der Waals surface area contributed by atoms with Crippen molar-refractivity contribution >= 4 is 16.7 Å². The van der Waals surface area contributed by atoms with Crippen LogP contribution in [0.4, 0.5) is 5.82 Å². The molecule has 3 aliphatic heterocycles. The molecule has 9 heteroatoms. The highest BCUT2D eigenvalue weighted by molar-refractivity contribution is 5.94. The molecule has 0 amide bonds. The van der Waals surface area contributed by atoms with Crippen molar-refractivity contribution < 1.29 is 9.47 Å². The summed E-state index contributed by atoms with van der Waals surface area (Å²) in [5.41, 5.74) is 2.88. The SMILES string of the molecule is C[C@@H]1COCCN1c1cc(C2(C#N)CCN(C3COC3)CC2)c2ccnc(-c3ccn[nH]3)c2n1. The molecule has 0 saturated carbocycles. The molecular weight excluding hydrogens is 430 g/mol. The molecule has 3 aromatic rings. The van der Waals surface area contributed by atoms with Gasteiger partial charge in [-0.25, -0.2) is 4.98 Å².